The topological polar surface area (TPSA) is 69.7 Å². The molecule has 0 spiro atoms. The molecule has 2 heterocycles. The van der Waals surface area contributed by atoms with Gasteiger partial charge in [-0.25, -0.2) is 13.1 Å². The average molecular weight is 380 g/mol. The van der Waals surface area contributed by atoms with Gasteiger partial charge in [-0.05, 0) is 56.5 Å². The average Bonchev–Trinajstić information content (AvgIpc) is 3.06. The number of likely N-dealkylation sites (tertiary alicyclic amines) is 1. The number of sulfonamides is 1. The fraction of sp³-hybridized carbons (Fsp3) is 0.632. The molecule has 0 saturated carbocycles. The van der Waals surface area contributed by atoms with E-state index in [1.807, 2.05) is 6.92 Å². The Kier molecular flexibility index (Phi) is 5.99. The molecule has 1 fully saturated rings. The van der Waals surface area contributed by atoms with Crippen LogP contribution in [0.25, 0.3) is 0 Å². The number of hydrogen-bond donors (Lipinski definition) is 1. The van der Waals surface area contributed by atoms with E-state index in [9.17, 15) is 13.2 Å². The smallest absolute Gasteiger partial charge is 0.240 e. The van der Waals surface area contributed by atoms with Crippen molar-refractivity contribution in [2.24, 2.45) is 0 Å². The Labute approximate surface area is 156 Å². The Bertz CT molecular complexity index is 763. The summed E-state index contributed by atoms with van der Waals surface area (Å²) in [5.41, 5.74) is 1.78. The van der Waals surface area contributed by atoms with E-state index in [1.165, 1.54) is 19.3 Å². The molecule has 7 heteroatoms. The molecule has 6 nitrogen and oxygen atoms in total. The maximum Gasteiger partial charge on any atom is 0.240 e. The number of rotatable bonds is 6. The molecule has 1 amide bonds. The van der Waals surface area contributed by atoms with Crippen LogP contribution < -0.4 is 9.62 Å². The van der Waals surface area contributed by atoms with Crippen LogP contribution in [-0.2, 0) is 21.2 Å². The second kappa shape index (κ2) is 8.06. The van der Waals surface area contributed by atoms with Crippen LogP contribution in [0, 0.1) is 0 Å². The number of hydrogen-bond acceptors (Lipinski definition) is 4. The van der Waals surface area contributed by atoms with Crippen molar-refractivity contribution in [3.05, 3.63) is 23.8 Å². The normalized spacial score (nSPS) is 21.0. The van der Waals surface area contributed by atoms with Crippen LogP contribution in [0.1, 0.15) is 45.1 Å². The van der Waals surface area contributed by atoms with E-state index in [0.717, 1.165) is 24.3 Å². The predicted octanol–water partition coefficient (Wildman–Crippen LogP) is 2.14. The van der Waals surface area contributed by atoms with Gasteiger partial charge in [0.15, 0.2) is 0 Å². The first-order chi connectivity index (χ1) is 12.4. The fourth-order valence-corrected chi connectivity index (χ4v) is 4.96. The Balaban J connectivity index is 1.64. The van der Waals surface area contributed by atoms with Gasteiger partial charge in [-0.1, -0.05) is 13.3 Å². The van der Waals surface area contributed by atoms with Gasteiger partial charge in [0.2, 0.25) is 15.9 Å². The van der Waals surface area contributed by atoms with Crippen molar-refractivity contribution in [2.45, 2.75) is 56.9 Å². The van der Waals surface area contributed by atoms with Crippen LogP contribution in [0.4, 0.5) is 5.69 Å². The summed E-state index contributed by atoms with van der Waals surface area (Å²) in [6.07, 6.45) is 4.79. The minimum absolute atomic E-state index is 0.0770. The van der Waals surface area contributed by atoms with Crippen molar-refractivity contribution in [2.75, 3.05) is 31.1 Å². The third-order valence-electron chi connectivity index (χ3n) is 5.49. The lowest BCUT2D eigenvalue weighted by Crippen LogP contribution is -2.42. The molecule has 1 saturated heterocycles. The monoisotopic (exact) mass is 379 g/mol. The highest BCUT2D eigenvalue weighted by Gasteiger charge is 2.26. The van der Waals surface area contributed by atoms with Gasteiger partial charge in [0.05, 0.1) is 4.90 Å². The van der Waals surface area contributed by atoms with Gasteiger partial charge in [0.25, 0.3) is 0 Å². The molecular formula is C19H29N3O3S. The molecule has 0 aliphatic carbocycles. The highest BCUT2D eigenvalue weighted by molar-refractivity contribution is 7.89. The van der Waals surface area contributed by atoms with E-state index in [1.54, 1.807) is 23.1 Å². The lowest BCUT2D eigenvalue weighted by atomic mass is 10.0. The number of carbonyl (C=O) groups excluding carboxylic acids is 1. The van der Waals surface area contributed by atoms with Gasteiger partial charge in [-0.2, -0.15) is 0 Å². The summed E-state index contributed by atoms with van der Waals surface area (Å²) in [5, 5.41) is 0. The number of amides is 1. The minimum atomic E-state index is -3.52. The molecule has 1 atom stereocenters. The largest absolute Gasteiger partial charge is 0.312 e. The minimum Gasteiger partial charge on any atom is -0.312 e. The summed E-state index contributed by atoms with van der Waals surface area (Å²) in [6, 6.07) is 5.60. The zero-order valence-corrected chi connectivity index (χ0v) is 16.5. The first-order valence-electron chi connectivity index (χ1n) is 9.59. The number of nitrogens with zero attached hydrogens (tertiary/aromatic N) is 2. The zero-order valence-electron chi connectivity index (χ0n) is 15.7. The number of fused-ring (bicyclic) bond motifs is 1. The van der Waals surface area contributed by atoms with Crippen molar-refractivity contribution in [3.8, 4) is 0 Å². The molecule has 3 rings (SSSR count). The fourth-order valence-electron chi connectivity index (χ4n) is 3.89. The molecule has 2 aliphatic heterocycles. The van der Waals surface area contributed by atoms with Crippen LogP contribution in [0.15, 0.2) is 23.1 Å². The quantitative estimate of drug-likeness (QED) is 0.822. The third-order valence-corrected chi connectivity index (χ3v) is 6.95. The van der Waals surface area contributed by atoms with Crippen LogP contribution in [0.2, 0.25) is 0 Å². The molecule has 1 unspecified atom stereocenters. The van der Waals surface area contributed by atoms with E-state index in [2.05, 4.69) is 16.5 Å². The van der Waals surface area contributed by atoms with Crippen molar-refractivity contribution in [3.63, 3.8) is 0 Å². The summed E-state index contributed by atoms with van der Waals surface area (Å²) in [5.74, 6) is 0.0770. The summed E-state index contributed by atoms with van der Waals surface area (Å²) in [6.45, 7) is 6.88. The highest BCUT2D eigenvalue weighted by atomic mass is 32.2. The standard InChI is InChI=1S/C19H29N3O3S/c1-3-19(23)22-12-9-16-14-17(7-8-18(16)22)26(24,25)20-10-13-21-11-5-4-6-15(21)2/h7-8,14-15,20H,3-6,9-13H2,1-2H3. The van der Waals surface area contributed by atoms with Gasteiger partial charge in [0.1, 0.15) is 0 Å². The molecule has 1 aromatic rings. The highest BCUT2D eigenvalue weighted by Crippen LogP contribution is 2.30. The van der Waals surface area contributed by atoms with E-state index < -0.39 is 10.0 Å². The van der Waals surface area contributed by atoms with Crippen molar-refractivity contribution < 1.29 is 13.2 Å². The van der Waals surface area contributed by atoms with Crippen molar-refractivity contribution >= 4 is 21.6 Å². The van der Waals surface area contributed by atoms with Crippen LogP contribution >= 0.6 is 0 Å². The van der Waals surface area contributed by atoms with Gasteiger partial charge in [-0.3, -0.25) is 9.69 Å². The van der Waals surface area contributed by atoms with Crippen molar-refractivity contribution in [1.29, 1.82) is 0 Å². The van der Waals surface area contributed by atoms with E-state index in [0.29, 0.717) is 32.0 Å². The Morgan fingerprint density at radius 2 is 2.08 bits per heavy atom. The van der Waals surface area contributed by atoms with Gasteiger partial charge in [-0.15, -0.1) is 0 Å². The maximum absolute atomic E-state index is 12.6. The summed E-state index contributed by atoms with van der Waals surface area (Å²) >= 11 is 0. The number of carbonyl (C=O) groups is 1. The van der Waals surface area contributed by atoms with Crippen LogP contribution in [0.5, 0.6) is 0 Å². The lowest BCUT2D eigenvalue weighted by molar-refractivity contribution is -0.118. The summed E-state index contributed by atoms with van der Waals surface area (Å²) in [4.78, 5) is 16.4. The molecule has 0 bridgehead atoms. The molecule has 1 N–H and O–H groups in total. The molecule has 144 valence electrons. The summed E-state index contributed by atoms with van der Waals surface area (Å²) < 4.78 is 28.0. The molecule has 26 heavy (non-hydrogen) atoms. The van der Waals surface area contributed by atoms with Crippen LogP contribution in [0.3, 0.4) is 0 Å². The number of piperidine rings is 1. The van der Waals surface area contributed by atoms with Gasteiger partial charge >= 0.3 is 0 Å². The third kappa shape index (κ3) is 4.10. The maximum atomic E-state index is 12.6. The first-order valence-corrected chi connectivity index (χ1v) is 11.1. The summed E-state index contributed by atoms with van der Waals surface area (Å²) in [7, 11) is -3.52. The predicted molar refractivity (Wildman–Crippen MR) is 103 cm³/mol. The number of anilines is 1. The Morgan fingerprint density at radius 3 is 2.81 bits per heavy atom. The second-order valence-electron chi connectivity index (χ2n) is 7.22. The van der Waals surface area contributed by atoms with Gasteiger partial charge in [0, 0.05) is 37.8 Å². The van der Waals surface area contributed by atoms with Gasteiger partial charge < -0.3 is 4.90 Å². The molecule has 0 radical (unpaired) electrons. The molecule has 0 aromatic heterocycles. The van der Waals surface area contributed by atoms with E-state index in [4.69, 9.17) is 0 Å². The van der Waals surface area contributed by atoms with E-state index in [-0.39, 0.29) is 10.8 Å². The lowest BCUT2D eigenvalue weighted by Gasteiger charge is -2.33. The molecule has 1 aromatic carbocycles. The number of benzene rings is 1. The zero-order chi connectivity index (χ0) is 18.7. The Morgan fingerprint density at radius 1 is 1.27 bits per heavy atom. The van der Waals surface area contributed by atoms with Crippen LogP contribution in [-0.4, -0.2) is 51.4 Å². The number of nitrogens with one attached hydrogen (secondary N) is 1. The first kappa shape index (κ1) is 19.3. The van der Waals surface area contributed by atoms with Crippen molar-refractivity contribution in [1.82, 2.24) is 9.62 Å². The Hall–Kier alpha value is -1.44. The SMILES string of the molecule is CCC(=O)N1CCc2cc(S(=O)(=O)NCCN3CCCCC3C)ccc21. The second-order valence-corrected chi connectivity index (χ2v) is 8.98. The van der Waals surface area contributed by atoms with E-state index >= 15 is 0 Å². The molecular weight excluding hydrogens is 350 g/mol. The molecule has 2 aliphatic rings.